The molecule has 4 aliphatic rings. The Morgan fingerprint density at radius 1 is 1.45 bits per heavy atom. The minimum Gasteiger partial charge on any atom is -0.0859 e. The van der Waals surface area contributed by atoms with Crippen molar-refractivity contribution in [3.05, 3.63) is 23.3 Å². The molecule has 112 valence electrons. The highest BCUT2D eigenvalue weighted by Crippen LogP contribution is 2.72. The average Bonchev–Trinajstić information content (AvgIpc) is 2.38. The maximum absolute atomic E-state index is 2.58. The Bertz CT molecular complexity index is 437. The molecule has 4 aliphatic carbocycles. The Balaban J connectivity index is 1.68. The minimum absolute atomic E-state index is 0.680. The quantitative estimate of drug-likeness (QED) is 0.551. The first-order valence-corrected chi connectivity index (χ1v) is 8.75. The van der Waals surface area contributed by atoms with E-state index in [1.807, 2.05) is 0 Å². The molecule has 0 aromatic heterocycles. The molecule has 4 rings (SSSR count). The van der Waals surface area contributed by atoms with Crippen LogP contribution >= 0.6 is 0 Å². The fraction of sp³-hybridized carbons (Fsp3) is 0.800. The first kappa shape index (κ1) is 14.4. The van der Waals surface area contributed by atoms with Crippen LogP contribution in [0.3, 0.4) is 0 Å². The van der Waals surface area contributed by atoms with Gasteiger partial charge in [-0.25, -0.2) is 0 Å². The summed E-state index contributed by atoms with van der Waals surface area (Å²) in [4.78, 5) is 0. The SMILES string of the molecule is CC(C)=CCC[C@H](C)[C@@H]1CC[C@]2(C)[C@@H]3C(C)=CC[C@H]2[C@H]13. The molecule has 0 nitrogen and oxygen atoms in total. The van der Waals surface area contributed by atoms with Crippen LogP contribution in [-0.2, 0) is 0 Å². The van der Waals surface area contributed by atoms with Crippen molar-refractivity contribution in [2.75, 3.05) is 0 Å². The van der Waals surface area contributed by atoms with E-state index in [-0.39, 0.29) is 0 Å². The van der Waals surface area contributed by atoms with Gasteiger partial charge in [0.25, 0.3) is 0 Å². The molecule has 4 bridgehead atoms. The van der Waals surface area contributed by atoms with E-state index in [0.29, 0.717) is 5.41 Å². The van der Waals surface area contributed by atoms with Crippen LogP contribution < -0.4 is 0 Å². The summed E-state index contributed by atoms with van der Waals surface area (Å²) in [5, 5.41) is 0. The van der Waals surface area contributed by atoms with Gasteiger partial charge in [0, 0.05) is 0 Å². The van der Waals surface area contributed by atoms with Gasteiger partial charge < -0.3 is 0 Å². The third-order valence-corrected chi connectivity index (χ3v) is 7.01. The van der Waals surface area contributed by atoms with Crippen LogP contribution in [-0.4, -0.2) is 0 Å². The predicted octanol–water partition coefficient (Wildman–Crippen LogP) is 6.00. The molecule has 0 heteroatoms. The standard InChI is InChI=1S/C20H32/c1-13(2)7-6-8-14(3)16-11-12-20(5)17-10-9-15(4)19(20)18(16)17/h7,9,14,16-19H,6,8,10-12H2,1-5H3/t14-,16-,17-,18-,19+,20-/m0/s1. The Hall–Kier alpha value is -0.520. The molecule has 0 saturated heterocycles. The number of allylic oxidation sites excluding steroid dienone is 4. The summed E-state index contributed by atoms with van der Waals surface area (Å²) in [6.07, 6.45) is 12.0. The van der Waals surface area contributed by atoms with Crippen molar-refractivity contribution in [2.24, 2.45) is 35.0 Å². The predicted molar refractivity (Wildman–Crippen MR) is 87.5 cm³/mol. The number of rotatable bonds is 4. The molecule has 3 fully saturated rings. The largest absolute Gasteiger partial charge is 0.0859 e. The van der Waals surface area contributed by atoms with Crippen molar-refractivity contribution < 1.29 is 0 Å². The second-order valence-corrected chi connectivity index (χ2v) is 8.39. The topological polar surface area (TPSA) is 0 Å². The van der Waals surface area contributed by atoms with E-state index in [0.717, 1.165) is 29.6 Å². The maximum atomic E-state index is 2.58. The second kappa shape index (κ2) is 5.04. The van der Waals surface area contributed by atoms with E-state index in [9.17, 15) is 0 Å². The van der Waals surface area contributed by atoms with Crippen LogP contribution in [0.25, 0.3) is 0 Å². The Labute approximate surface area is 125 Å². The minimum atomic E-state index is 0.680. The van der Waals surface area contributed by atoms with Gasteiger partial charge in [0.05, 0.1) is 0 Å². The van der Waals surface area contributed by atoms with Crippen molar-refractivity contribution >= 4 is 0 Å². The van der Waals surface area contributed by atoms with Gasteiger partial charge in [-0.2, -0.15) is 0 Å². The van der Waals surface area contributed by atoms with E-state index in [4.69, 9.17) is 0 Å². The van der Waals surface area contributed by atoms with Crippen molar-refractivity contribution in [1.82, 2.24) is 0 Å². The zero-order valence-corrected chi connectivity index (χ0v) is 14.1. The summed E-state index contributed by atoms with van der Waals surface area (Å²) in [7, 11) is 0. The van der Waals surface area contributed by atoms with E-state index < -0.39 is 0 Å². The van der Waals surface area contributed by atoms with Gasteiger partial charge in [0.1, 0.15) is 0 Å². The smallest absolute Gasteiger partial charge is 0.0115 e. The van der Waals surface area contributed by atoms with Crippen molar-refractivity contribution in [2.45, 2.75) is 66.7 Å². The van der Waals surface area contributed by atoms with E-state index >= 15 is 0 Å². The lowest BCUT2D eigenvalue weighted by Crippen LogP contribution is -2.64. The monoisotopic (exact) mass is 272 g/mol. The van der Waals surface area contributed by atoms with Gasteiger partial charge in [-0.15, -0.1) is 0 Å². The van der Waals surface area contributed by atoms with Crippen molar-refractivity contribution in [3.8, 4) is 0 Å². The highest BCUT2D eigenvalue weighted by atomic mass is 14.7. The highest BCUT2D eigenvalue weighted by Gasteiger charge is 2.65. The van der Waals surface area contributed by atoms with Crippen LogP contribution in [0.15, 0.2) is 23.3 Å². The van der Waals surface area contributed by atoms with Crippen LogP contribution in [0, 0.1) is 35.0 Å². The summed E-state index contributed by atoms with van der Waals surface area (Å²) < 4.78 is 0. The van der Waals surface area contributed by atoms with E-state index in [1.54, 1.807) is 5.57 Å². The molecule has 0 N–H and O–H groups in total. The Morgan fingerprint density at radius 2 is 2.20 bits per heavy atom. The molecule has 0 heterocycles. The van der Waals surface area contributed by atoms with Crippen LogP contribution in [0.5, 0.6) is 0 Å². The third-order valence-electron chi connectivity index (χ3n) is 7.01. The zero-order chi connectivity index (χ0) is 14.5. The Morgan fingerprint density at radius 3 is 2.85 bits per heavy atom. The fourth-order valence-electron chi connectivity index (χ4n) is 5.98. The molecule has 0 aromatic carbocycles. The fourth-order valence-corrected chi connectivity index (χ4v) is 5.98. The van der Waals surface area contributed by atoms with Gasteiger partial charge in [-0.05, 0) is 87.9 Å². The third kappa shape index (κ3) is 2.02. The lowest BCUT2D eigenvalue weighted by atomic mass is 9.34. The summed E-state index contributed by atoms with van der Waals surface area (Å²) >= 11 is 0. The average molecular weight is 272 g/mol. The molecule has 0 radical (unpaired) electrons. The molecule has 3 saturated carbocycles. The maximum Gasteiger partial charge on any atom is -0.0115 e. The molecule has 0 aromatic rings. The molecular weight excluding hydrogens is 240 g/mol. The Kier molecular flexibility index (Phi) is 3.63. The van der Waals surface area contributed by atoms with Crippen LogP contribution in [0.4, 0.5) is 0 Å². The molecule has 20 heavy (non-hydrogen) atoms. The number of hydrogen-bond donors (Lipinski definition) is 0. The van der Waals surface area contributed by atoms with Gasteiger partial charge in [0.2, 0.25) is 0 Å². The van der Waals surface area contributed by atoms with Crippen LogP contribution in [0.2, 0.25) is 0 Å². The van der Waals surface area contributed by atoms with Gasteiger partial charge >= 0.3 is 0 Å². The normalized spacial score (nSPS) is 43.4. The zero-order valence-electron chi connectivity index (χ0n) is 14.1. The molecular formula is C20H32. The lowest BCUT2D eigenvalue weighted by Gasteiger charge is -2.70. The van der Waals surface area contributed by atoms with E-state index in [1.165, 1.54) is 37.7 Å². The van der Waals surface area contributed by atoms with Crippen molar-refractivity contribution in [3.63, 3.8) is 0 Å². The number of hydrogen-bond acceptors (Lipinski definition) is 0. The lowest BCUT2D eigenvalue weighted by molar-refractivity contribution is -0.183. The molecule has 0 spiro atoms. The summed E-state index contributed by atoms with van der Waals surface area (Å²) in [6, 6.07) is 0. The summed E-state index contributed by atoms with van der Waals surface area (Å²) in [5.41, 5.74) is 3.88. The molecule has 0 aliphatic heterocycles. The highest BCUT2D eigenvalue weighted by molar-refractivity contribution is 5.28. The van der Waals surface area contributed by atoms with Crippen LogP contribution in [0.1, 0.15) is 66.7 Å². The van der Waals surface area contributed by atoms with Gasteiger partial charge in [0.15, 0.2) is 0 Å². The molecule has 0 amide bonds. The van der Waals surface area contributed by atoms with Gasteiger partial charge in [-0.1, -0.05) is 37.1 Å². The first-order valence-electron chi connectivity index (χ1n) is 8.75. The van der Waals surface area contributed by atoms with E-state index in [2.05, 4.69) is 46.8 Å². The van der Waals surface area contributed by atoms with Gasteiger partial charge in [-0.3, -0.25) is 0 Å². The molecule has 6 atom stereocenters. The molecule has 0 unspecified atom stereocenters. The summed E-state index contributed by atoms with van der Waals surface area (Å²) in [5.74, 6) is 4.89. The summed E-state index contributed by atoms with van der Waals surface area (Å²) in [6.45, 7) is 12.0. The van der Waals surface area contributed by atoms with Crippen molar-refractivity contribution in [1.29, 1.82) is 0 Å². The number of fused-ring (bicyclic) bond motifs is 2. The first-order chi connectivity index (χ1) is 9.45. The second-order valence-electron chi connectivity index (χ2n) is 8.39.